The van der Waals surface area contributed by atoms with Crippen LogP contribution in [0.15, 0.2) is 48.2 Å². The molecule has 0 bridgehead atoms. The van der Waals surface area contributed by atoms with Crippen molar-refractivity contribution in [2.75, 3.05) is 45.4 Å². The molecule has 164 valence electrons. The number of methoxy groups -OCH3 is 2. The summed E-state index contributed by atoms with van der Waals surface area (Å²) in [6.07, 6.45) is 0. The van der Waals surface area contributed by atoms with Gasteiger partial charge in [0.25, 0.3) is 11.8 Å². The van der Waals surface area contributed by atoms with E-state index < -0.39 is 0 Å². The molecule has 6 heteroatoms. The van der Waals surface area contributed by atoms with Gasteiger partial charge in [-0.25, -0.2) is 4.90 Å². The second-order valence-corrected chi connectivity index (χ2v) is 7.80. The van der Waals surface area contributed by atoms with Crippen molar-refractivity contribution >= 4 is 23.1 Å². The van der Waals surface area contributed by atoms with Gasteiger partial charge in [-0.2, -0.15) is 0 Å². The highest BCUT2D eigenvalue weighted by atomic mass is 16.5. The predicted molar refractivity (Wildman–Crippen MR) is 122 cm³/mol. The molecule has 0 saturated heterocycles. The fourth-order valence-electron chi connectivity index (χ4n) is 3.89. The molecule has 0 N–H and O–H groups in total. The molecule has 1 aliphatic heterocycles. The van der Waals surface area contributed by atoms with Crippen molar-refractivity contribution in [2.24, 2.45) is 0 Å². The highest BCUT2D eigenvalue weighted by Crippen LogP contribution is 2.36. The van der Waals surface area contributed by atoms with Crippen LogP contribution in [0.25, 0.3) is 5.57 Å². The van der Waals surface area contributed by atoms with Crippen LogP contribution in [0, 0.1) is 20.8 Å². The van der Waals surface area contributed by atoms with Crippen LogP contribution in [0.5, 0.6) is 0 Å². The molecule has 2 amide bonds. The maximum atomic E-state index is 13.7. The summed E-state index contributed by atoms with van der Waals surface area (Å²) in [7, 11) is 3.24. The molecule has 2 aromatic rings. The standard InChI is InChI=1S/C25H30N2O4/c1-17-7-6-8-20(16-17)27-24(28)22(21-10-9-18(2)15-19(21)3)23(25(27)29)26(11-13-30-4)12-14-31-5/h6-10,15-16H,11-14H2,1-5H3. The first-order valence-corrected chi connectivity index (χ1v) is 10.4. The van der Waals surface area contributed by atoms with Crippen LogP contribution in [0.1, 0.15) is 22.3 Å². The predicted octanol–water partition coefficient (Wildman–Crippen LogP) is 3.49. The van der Waals surface area contributed by atoms with Gasteiger partial charge in [-0.1, -0.05) is 35.9 Å². The van der Waals surface area contributed by atoms with Crippen LogP contribution in [-0.2, 0) is 19.1 Å². The van der Waals surface area contributed by atoms with E-state index in [0.29, 0.717) is 43.3 Å². The van der Waals surface area contributed by atoms with Gasteiger partial charge in [0.1, 0.15) is 5.70 Å². The first-order valence-electron chi connectivity index (χ1n) is 10.4. The number of anilines is 1. The summed E-state index contributed by atoms with van der Waals surface area (Å²) >= 11 is 0. The molecule has 0 aromatic heterocycles. The van der Waals surface area contributed by atoms with E-state index in [4.69, 9.17) is 9.47 Å². The Morgan fingerprint density at radius 3 is 2.06 bits per heavy atom. The molecule has 3 rings (SSSR count). The van der Waals surface area contributed by atoms with Crippen molar-refractivity contribution in [1.29, 1.82) is 0 Å². The van der Waals surface area contributed by atoms with E-state index in [1.807, 2.05) is 62.1 Å². The lowest BCUT2D eigenvalue weighted by Crippen LogP contribution is -2.37. The summed E-state index contributed by atoms with van der Waals surface area (Å²) in [5, 5.41) is 0. The molecule has 0 saturated carbocycles. The molecule has 0 radical (unpaired) electrons. The Hall–Kier alpha value is -2.96. The van der Waals surface area contributed by atoms with Crippen molar-refractivity contribution in [1.82, 2.24) is 4.90 Å². The molecule has 0 unspecified atom stereocenters. The molecular formula is C25H30N2O4. The normalized spacial score (nSPS) is 14.0. The second kappa shape index (κ2) is 9.90. The van der Waals surface area contributed by atoms with Gasteiger partial charge in [0.05, 0.1) is 24.5 Å². The minimum atomic E-state index is -0.321. The molecule has 0 fully saturated rings. The third-order valence-corrected chi connectivity index (χ3v) is 5.42. The van der Waals surface area contributed by atoms with E-state index >= 15 is 0 Å². The SMILES string of the molecule is COCCN(CCOC)C1=C(c2ccc(C)cc2C)C(=O)N(c2cccc(C)c2)C1=O. The first kappa shape index (κ1) is 22.7. The van der Waals surface area contributed by atoms with Crippen molar-refractivity contribution in [2.45, 2.75) is 20.8 Å². The third kappa shape index (κ3) is 4.70. The monoisotopic (exact) mass is 422 g/mol. The Bertz CT molecular complexity index is 1000. The number of amides is 2. The molecule has 1 aliphatic rings. The molecule has 6 nitrogen and oxygen atoms in total. The van der Waals surface area contributed by atoms with Crippen LogP contribution >= 0.6 is 0 Å². The van der Waals surface area contributed by atoms with E-state index in [-0.39, 0.29) is 11.8 Å². The minimum absolute atomic E-state index is 0.308. The van der Waals surface area contributed by atoms with Gasteiger partial charge in [0.15, 0.2) is 0 Å². The number of hydrogen-bond acceptors (Lipinski definition) is 5. The van der Waals surface area contributed by atoms with Crippen LogP contribution < -0.4 is 4.90 Å². The molecule has 31 heavy (non-hydrogen) atoms. The zero-order chi connectivity index (χ0) is 22.5. The first-order chi connectivity index (χ1) is 14.9. The summed E-state index contributed by atoms with van der Waals surface area (Å²) in [5.74, 6) is -0.629. The summed E-state index contributed by atoms with van der Waals surface area (Å²) < 4.78 is 10.5. The number of benzene rings is 2. The highest BCUT2D eigenvalue weighted by molar-refractivity contribution is 6.45. The van der Waals surface area contributed by atoms with Gasteiger partial charge >= 0.3 is 0 Å². The van der Waals surface area contributed by atoms with Crippen LogP contribution in [0.3, 0.4) is 0 Å². The maximum Gasteiger partial charge on any atom is 0.282 e. The summed E-state index contributed by atoms with van der Waals surface area (Å²) in [6.45, 7) is 7.73. The van der Waals surface area contributed by atoms with Crippen molar-refractivity contribution in [3.05, 3.63) is 70.4 Å². The van der Waals surface area contributed by atoms with E-state index in [1.165, 1.54) is 4.90 Å². The number of imide groups is 1. The van der Waals surface area contributed by atoms with Gasteiger partial charge in [0, 0.05) is 27.3 Å². The summed E-state index contributed by atoms with van der Waals surface area (Å²) in [6, 6.07) is 13.4. The number of ether oxygens (including phenoxy) is 2. The number of rotatable bonds is 9. The number of aryl methyl sites for hydroxylation is 3. The zero-order valence-corrected chi connectivity index (χ0v) is 18.9. The van der Waals surface area contributed by atoms with Crippen molar-refractivity contribution < 1.29 is 19.1 Å². The Morgan fingerprint density at radius 1 is 0.839 bits per heavy atom. The summed E-state index contributed by atoms with van der Waals surface area (Å²) in [4.78, 5) is 30.5. The van der Waals surface area contributed by atoms with Gasteiger partial charge in [-0.15, -0.1) is 0 Å². The fourth-order valence-corrected chi connectivity index (χ4v) is 3.89. The maximum absolute atomic E-state index is 13.7. The Labute approximate surface area is 184 Å². The Balaban J connectivity index is 2.17. The largest absolute Gasteiger partial charge is 0.383 e. The molecule has 2 aromatic carbocycles. The van der Waals surface area contributed by atoms with Gasteiger partial charge in [-0.3, -0.25) is 9.59 Å². The number of hydrogen-bond donors (Lipinski definition) is 0. The lowest BCUT2D eigenvalue weighted by molar-refractivity contribution is -0.120. The Kier molecular flexibility index (Phi) is 7.25. The molecular weight excluding hydrogens is 392 g/mol. The second-order valence-electron chi connectivity index (χ2n) is 7.80. The molecule has 1 heterocycles. The van der Waals surface area contributed by atoms with Crippen LogP contribution in [0.4, 0.5) is 5.69 Å². The van der Waals surface area contributed by atoms with Gasteiger partial charge < -0.3 is 14.4 Å². The zero-order valence-electron chi connectivity index (χ0n) is 18.9. The molecule has 0 atom stereocenters. The highest BCUT2D eigenvalue weighted by Gasteiger charge is 2.42. The van der Waals surface area contributed by atoms with Crippen LogP contribution in [-0.4, -0.2) is 57.2 Å². The molecule has 0 spiro atoms. The Morgan fingerprint density at radius 2 is 1.48 bits per heavy atom. The van der Waals surface area contributed by atoms with Crippen molar-refractivity contribution in [3.8, 4) is 0 Å². The van der Waals surface area contributed by atoms with Gasteiger partial charge in [0.2, 0.25) is 0 Å². The topological polar surface area (TPSA) is 59.1 Å². The average Bonchev–Trinajstić information content (AvgIpc) is 2.98. The number of carbonyl (C=O) groups excluding carboxylic acids is 2. The number of nitrogens with zero attached hydrogens (tertiary/aromatic N) is 2. The molecule has 0 aliphatic carbocycles. The lowest BCUT2D eigenvalue weighted by Gasteiger charge is -2.26. The lowest BCUT2D eigenvalue weighted by atomic mass is 9.97. The summed E-state index contributed by atoms with van der Waals surface area (Å²) in [5.41, 5.74) is 5.21. The van der Waals surface area contributed by atoms with E-state index in [2.05, 4.69) is 0 Å². The average molecular weight is 423 g/mol. The van der Waals surface area contributed by atoms with Crippen molar-refractivity contribution in [3.63, 3.8) is 0 Å². The van der Waals surface area contributed by atoms with E-state index in [1.54, 1.807) is 20.3 Å². The third-order valence-electron chi connectivity index (χ3n) is 5.42. The van der Waals surface area contributed by atoms with Gasteiger partial charge in [-0.05, 0) is 49.6 Å². The quantitative estimate of drug-likeness (QED) is 0.579. The van der Waals surface area contributed by atoms with E-state index in [9.17, 15) is 9.59 Å². The number of carbonyl (C=O) groups is 2. The van der Waals surface area contributed by atoms with E-state index in [0.717, 1.165) is 22.3 Å². The fraction of sp³-hybridized carbons (Fsp3) is 0.360. The minimum Gasteiger partial charge on any atom is -0.383 e. The smallest absolute Gasteiger partial charge is 0.282 e. The van der Waals surface area contributed by atoms with Crippen LogP contribution in [0.2, 0.25) is 0 Å².